The van der Waals surface area contributed by atoms with Gasteiger partial charge in [0.1, 0.15) is 17.2 Å². The van der Waals surface area contributed by atoms with Crippen LogP contribution in [-0.2, 0) is 24.2 Å². The van der Waals surface area contributed by atoms with Gasteiger partial charge in [0, 0.05) is 36.5 Å². The lowest BCUT2D eigenvalue weighted by Gasteiger charge is -2.24. The number of carbonyl (C=O) groups is 2. The number of ether oxygens (including phenoxy) is 1. The summed E-state index contributed by atoms with van der Waals surface area (Å²) in [6.45, 7) is 2.27. The molecule has 1 amide bonds. The largest absolute Gasteiger partial charge is 0.487 e. The minimum absolute atomic E-state index is 0.0654. The van der Waals surface area contributed by atoms with Crippen LogP contribution >= 0.6 is 23.2 Å². The number of nitrogens with zero attached hydrogens (tertiary/aromatic N) is 1. The number of benzene rings is 3. The molecular formula is C27H24Cl2FNO4. The summed E-state index contributed by atoms with van der Waals surface area (Å²) in [6.07, 6.45) is 0.908. The average Bonchev–Trinajstić information content (AvgIpc) is 3.13. The Labute approximate surface area is 213 Å². The van der Waals surface area contributed by atoms with Gasteiger partial charge in [0.2, 0.25) is 0 Å². The summed E-state index contributed by atoms with van der Waals surface area (Å²) in [4.78, 5) is 26.1. The van der Waals surface area contributed by atoms with Crippen LogP contribution in [0.3, 0.4) is 0 Å². The molecule has 1 aliphatic heterocycles. The summed E-state index contributed by atoms with van der Waals surface area (Å²) in [7, 11) is 0. The van der Waals surface area contributed by atoms with Crippen molar-refractivity contribution in [2.75, 3.05) is 6.54 Å². The fourth-order valence-corrected chi connectivity index (χ4v) is 4.77. The van der Waals surface area contributed by atoms with Crippen LogP contribution in [-0.4, -0.2) is 34.0 Å². The Kier molecular flexibility index (Phi) is 7.33. The van der Waals surface area contributed by atoms with Gasteiger partial charge in [-0.3, -0.25) is 9.59 Å². The first kappa shape index (κ1) is 25.0. The van der Waals surface area contributed by atoms with Crippen molar-refractivity contribution >= 4 is 35.1 Å². The fraction of sp³-hybridized carbons (Fsp3) is 0.259. The van der Waals surface area contributed by atoms with E-state index < -0.39 is 17.4 Å². The van der Waals surface area contributed by atoms with E-state index in [-0.39, 0.29) is 30.4 Å². The summed E-state index contributed by atoms with van der Waals surface area (Å²) >= 11 is 12.0. The molecule has 182 valence electrons. The van der Waals surface area contributed by atoms with Gasteiger partial charge in [-0.1, -0.05) is 41.4 Å². The summed E-state index contributed by atoms with van der Waals surface area (Å²) in [5.74, 6) is -1.03. The van der Waals surface area contributed by atoms with Gasteiger partial charge in [-0.2, -0.15) is 0 Å². The Morgan fingerprint density at radius 1 is 1.09 bits per heavy atom. The lowest BCUT2D eigenvalue weighted by molar-refractivity contribution is -0.137. The van der Waals surface area contributed by atoms with Crippen LogP contribution in [0.25, 0.3) is 0 Å². The molecule has 1 atom stereocenters. The number of amides is 1. The highest BCUT2D eigenvalue weighted by Gasteiger charge is 2.35. The summed E-state index contributed by atoms with van der Waals surface area (Å²) in [5, 5.41) is 9.77. The molecule has 0 aliphatic carbocycles. The molecule has 3 aromatic carbocycles. The minimum Gasteiger partial charge on any atom is -0.487 e. The zero-order valence-corrected chi connectivity index (χ0v) is 20.6. The second kappa shape index (κ2) is 10.3. The van der Waals surface area contributed by atoms with Crippen molar-refractivity contribution in [3.8, 4) is 5.75 Å². The maximum absolute atomic E-state index is 13.5. The van der Waals surface area contributed by atoms with Crippen LogP contribution in [0.2, 0.25) is 10.0 Å². The van der Waals surface area contributed by atoms with Crippen LogP contribution < -0.4 is 4.74 Å². The first-order chi connectivity index (χ1) is 16.6. The summed E-state index contributed by atoms with van der Waals surface area (Å²) in [6, 6.07) is 17.0. The van der Waals surface area contributed by atoms with E-state index in [1.165, 1.54) is 11.0 Å². The molecule has 8 heteroatoms. The summed E-state index contributed by atoms with van der Waals surface area (Å²) in [5.41, 5.74) is 2.42. The normalized spacial score (nSPS) is 16.5. The number of carboxylic acid groups (broad SMARTS) is 1. The number of aliphatic carboxylic acids is 1. The van der Waals surface area contributed by atoms with Crippen LogP contribution in [0.1, 0.15) is 40.4 Å². The highest BCUT2D eigenvalue weighted by Crippen LogP contribution is 2.38. The molecule has 0 aromatic heterocycles. The third-order valence-corrected chi connectivity index (χ3v) is 6.46. The van der Waals surface area contributed by atoms with E-state index in [1.54, 1.807) is 48.5 Å². The Morgan fingerprint density at radius 3 is 2.60 bits per heavy atom. The molecule has 0 radical (unpaired) electrons. The Balaban J connectivity index is 1.53. The van der Waals surface area contributed by atoms with Gasteiger partial charge in [-0.15, -0.1) is 0 Å². The number of hydrogen-bond acceptors (Lipinski definition) is 3. The highest BCUT2D eigenvalue weighted by atomic mass is 35.5. The Morgan fingerprint density at radius 2 is 1.89 bits per heavy atom. The van der Waals surface area contributed by atoms with E-state index in [1.807, 2.05) is 13.0 Å². The van der Waals surface area contributed by atoms with Crippen LogP contribution in [0.5, 0.6) is 5.75 Å². The van der Waals surface area contributed by atoms with Crippen molar-refractivity contribution < 1.29 is 23.8 Å². The number of rotatable bonds is 8. The monoisotopic (exact) mass is 515 g/mol. The van der Waals surface area contributed by atoms with Gasteiger partial charge in [0.25, 0.3) is 5.91 Å². The van der Waals surface area contributed by atoms with Gasteiger partial charge in [-0.05, 0) is 66.1 Å². The molecule has 5 nitrogen and oxygen atoms in total. The van der Waals surface area contributed by atoms with Crippen molar-refractivity contribution in [1.29, 1.82) is 0 Å². The number of fused-ring (bicyclic) bond motifs is 1. The predicted octanol–water partition coefficient (Wildman–Crippen LogP) is 6.19. The molecule has 0 bridgehead atoms. The molecule has 35 heavy (non-hydrogen) atoms. The smallest absolute Gasteiger partial charge is 0.305 e. The molecular weight excluding hydrogens is 492 g/mol. The number of halogens is 3. The molecule has 1 heterocycles. The first-order valence-corrected chi connectivity index (χ1v) is 11.9. The van der Waals surface area contributed by atoms with Gasteiger partial charge < -0.3 is 14.7 Å². The molecule has 0 saturated carbocycles. The zero-order chi connectivity index (χ0) is 25.2. The molecule has 0 spiro atoms. The minimum atomic E-state index is -0.979. The highest BCUT2D eigenvalue weighted by molar-refractivity contribution is 6.31. The number of carboxylic acids is 1. The second-order valence-electron chi connectivity index (χ2n) is 8.98. The van der Waals surface area contributed by atoms with Crippen LogP contribution in [0.15, 0.2) is 60.7 Å². The molecule has 0 saturated heterocycles. The number of hydrogen-bond donors (Lipinski definition) is 1. The SMILES string of the molecule is CC1(Cc2ccc(F)c(Cl)c2)Cc2cc(C(=O)N(CCC(=O)O)Cc3cccc(Cl)c3)ccc2O1. The molecule has 1 aliphatic rings. The third-order valence-electron chi connectivity index (χ3n) is 5.94. The second-order valence-corrected chi connectivity index (χ2v) is 9.82. The standard InChI is InChI=1S/C27H24Cl2FNO4/c1-27(14-17-5-7-23(30)22(29)12-17)15-20-13-19(6-8-24(20)35-27)26(34)31(10-9-25(32)33)16-18-3-2-4-21(28)11-18/h2-8,11-13H,9-10,14-16H2,1H3,(H,32,33). The van der Waals surface area contributed by atoms with E-state index in [9.17, 15) is 14.0 Å². The predicted molar refractivity (Wildman–Crippen MR) is 133 cm³/mol. The van der Waals surface area contributed by atoms with Crippen molar-refractivity contribution in [1.82, 2.24) is 4.90 Å². The van der Waals surface area contributed by atoms with Crippen molar-refractivity contribution in [3.05, 3.63) is 98.8 Å². The maximum atomic E-state index is 13.5. The molecule has 3 aromatic rings. The summed E-state index contributed by atoms with van der Waals surface area (Å²) < 4.78 is 19.7. The van der Waals surface area contributed by atoms with Gasteiger partial charge in [0.05, 0.1) is 11.4 Å². The van der Waals surface area contributed by atoms with Gasteiger partial charge in [-0.25, -0.2) is 4.39 Å². The zero-order valence-electron chi connectivity index (χ0n) is 19.1. The van der Waals surface area contributed by atoms with Gasteiger partial charge >= 0.3 is 5.97 Å². The molecule has 1 unspecified atom stereocenters. The lowest BCUT2D eigenvalue weighted by Crippen LogP contribution is -2.33. The third kappa shape index (κ3) is 6.13. The van der Waals surface area contributed by atoms with E-state index >= 15 is 0 Å². The van der Waals surface area contributed by atoms with Crippen LogP contribution in [0, 0.1) is 5.82 Å². The van der Waals surface area contributed by atoms with E-state index in [4.69, 9.17) is 33.0 Å². The average molecular weight is 516 g/mol. The quantitative estimate of drug-likeness (QED) is 0.388. The maximum Gasteiger partial charge on any atom is 0.305 e. The Hall–Kier alpha value is -3.09. The van der Waals surface area contributed by atoms with Crippen molar-refractivity contribution in [3.63, 3.8) is 0 Å². The Bertz CT molecular complexity index is 1280. The molecule has 4 rings (SSSR count). The van der Waals surface area contributed by atoms with E-state index in [2.05, 4.69) is 0 Å². The first-order valence-electron chi connectivity index (χ1n) is 11.1. The van der Waals surface area contributed by atoms with Gasteiger partial charge in [0.15, 0.2) is 0 Å². The van der Waals surface area contributed by atoms with Crippen molar-refractivity contribution in [2.24, 2.45) is 0 Å². The van der Waals surface area contributed by atoms with E-state index in [0.29, 0.717) is 29.2 Å². The lowest BCUT2D eigenvalue weighted by atomic mass is 9.91. The van der Waals surface area contributed by atoms with Crippen molar-refractivity contribution in [2.45, 2.75) is 38.3 Å². The number of carbonyl (C=O) groups excluding carboxylic acids is 1. The topological polar surface area (TPSA) is 66.8 Å². The molecule has 1 N–H and O–H groups in total. The van der Waals surface area contributed by atoms with E-state index in [0.717, 1.165) is 16.7 Å². The van der Waals surface area contributed by atoms with Crippen LogP contribution in [0.4, 0.5) is 4.39 Å². The fourth-order valence-electron chi connectivity index (χ4n) is 4.36. The molecule has 0 fully saturated rings.